The van der Waals surface area contributed by atoms with Crippen LogP contribution < -0.4 is 0 Å². The van der Waals surface area contributed by atoms with Gasteiger partial charge in [-0.2, -0.15) is 0 Å². The summed E-state index contributed by atoms with van der Waals surface area (Å²) in [7, 11) is 0. The van der Waals surface area contributed by atoms with Gasteiger partial charge in [0, 0.05) is 23.4 Å². The number of carbonyl (C=O) groups is 1. The van der Waals surface area contributed by atoms with Gasteiger partial charge < -0.3 is 0 Å². The fraction of sp³-hybridized carbons (Fsp3) is 0. The number of ketones is 1. The van der Waals surface area contributed by atoms with E-state index < -0.39 is 4.92 Å². The lowest BCUT2D eigenvalue weighted by Crippen LogP contribution is -2.02. The van der Waals surface area contributed by atoms with E-state index in [9.17, 15) is 14.9 Å². The van der Waals surface area contributed by atoms with Gasteiger partial charge in [0.1, 0.15) is 6.20 Å². The quantitative estimate of drug-likeness (QED) is 0.458. The minimum Gasteiger partial charge on any atom is -0.289 e. The molecule has 5 nitrogen and oxygen atoms in total. The number of hydrogen-bond donors (Lipinski definition) is 0. The number of nitrogens with zero attached hydrogens (tertiary/aromatic N) is 2. The molecule has 0 aliphatic heterocycles. The third-order valence-corrected chi connectivity index (χ3v) is 2.23. The van der Waals surface area contributed by atoms with Crippen LogP contribution in [0.4, 0.5) is 5.69 Å². The van der Waals surface area contributed by atoms with Crippen molar-refractivity contribution in [1.29, 1.82) is 0 Å². The van der Waals surface area contributed by atoms with Crippen LogP contribution in [0.3, 0.4) is 0 Å². The average Bonchev–Trinajstić information content (AvgIpc) is 2.39. The highest BCUT2D eigenvalue weighted by atomic mass is 16.6. The summed E-state index contributed by atoms with van der Waals surface area (Å²) in [6.45, 7) is 0. The molecule has 84 valence electrons. The smallest absolute Gasteiger partial charge is 0.288 e. The zero-order valence-electron chi connectivity index (χ0n) is 8.74. The standard InChI is InChI=1S/C12H8N2O3/c15-12(9-4-2-1-3-5-9)10-6-11(14(16)17)8-13-7-10/h1-8H. The van der Waals surface area contributed by atoms with Gasteiger partial charge in [-0.1, -0.05) is 30.3 Å². The SMILES string of the molecule is O=C(c1ccccc1)c1cncc([N+](=O)[O-])c1. The molecule has 0 aliphatic carbocycles. The number of hydrogen-bond acceptors (Lipinski definition) is 4. The Labute approximate surface area is 96.9 Å². The van der Waals surface area contributed by atoms with Crippen LogP contribution in [0.25, 0.3) is 0 Å². The molecule has 0 unspecified atom stereocenters. The second-order valence-electron chi connectivity index (χ2n) is 3.38. The predicted molar refractivity (Wildman–Crippen MR) is 60.8 cm³/mol. The van der Waals surface area contributed by atoms with Crippen molar-refractivity contribution in [2.45, 2.75) is 0 Å². The summed E-state index contributed by atoms with van der Waals surface area (Å²) in [4.78, 5) is 25.6. The average molecular weight is 228 g/mol. The Hall–Kier alpha value is -2.56. The summed E-state index contributed by atoms with van der Waals surface area (Å²) in [5.41, 5.74) is 0.506. The molecule has 0 bridgehead atoms. The first-order chi connectivity index (χ1) is 8.18. The van der Waals surface area contributed by atoms with E-state index in [1.54, 1.807) is 30.3 Å². The Morgan fingerprint density at radius 3 is 2.47 bits per heavy atom. The maximum absolute atomic E-state index is 12.0. The van der Waals surface area contributed by atoms with Crippen LogP contribution in [0.1, 0.15) is 15.9 Å². The zero-order valence-corrected chi connectivity index (χ0v) is 8.74. The number of carbonyl (C=O) groups excluding carboxylic acids is 1. The van der Waals surface area contributed by atoms with E-state index in [0.717, 1.165) is 6.20 Å². The normalized spacial score (nSPS) is 9.88. The van der Waals surface area contributed by atoms with E-state index in [4.69, 9.17) is 0 Å². The third kappa shape index (κ3) is 2.34. The van der Waals surface area contributed by atoms with Gasteiger partial charge in [-0.15, -0.1) is 0 Å². The van der Waals surface area contributed by atoms with E-state index in [1.165, 1.54) is 12.3 Å². The molecule has 0 N–H and O–H groups in total. The Morgan fingerprint density at radius 2 is 1.82 bits per heavy atom. The molecule has 2 aromatic rings. The van der Waals surface area contributed by atoms with Crippen molar-refractivity contribution in [3.8, 4) is 0 Å². The Morgan fingerprint density at radius 1 is 1.12 bits per heavy atom. The first kappa shape index (κ1) is 10.9. The van der Waals surface area contributed by atoms with E-state index in [0.29, 0.717) is 5.56 Å². The molecule has 0 radical (unpaired) electrons. The van der Waals surface area contributed by atoms with Crippen molar-refractivity contribution in [1.82, 2.24) is 4.98 Å². The zero-order chi connectivity index (χ0) is 12.3. The van der Waals surface area contributed by atoms with Gasteiger partial charge in [0.15, 0.2) is 5.78 Å². The molecular formula is C12H8N2O3. The van der Waals surface area contributed by atoms with Gasteiger partial charge in [0.05, 0.1) is 4.92 Å². The van der Waals surface area contributed by atoms with Gasteiger partial charge in [-0.05, 0) is 0 Å². The van der Waals surface area contributed by atoms with Crippen molar-refractivity contribution < 1.29 is 9.72 Å². The minimum atomic E-state index is -0.575. The molecule has 1 aromatic carbocycles. The number of benzene rings is 1. The van der Waals surface area contributed by atoms with Gasteiger partial charge in [-0.25, -0.2) is 0 Å². The van der Waals surface area contributed by atoms with Crippen molar-refractivity contribution in [3.63, 3.8) is 0 Å². The lowest BCUT2D eigenvalue weighted by molar-refractivity contribution is -0.385. The number of pyridine rings is 1. The molecule has 1 heterocycles. The summed E-state index contributed by atoms with van der Waals surface area (Å²) in [5.74, 6) is -0.276. The highest BCUT2D eigenvalue weighted by molar-refractivity contribution is 6.09. The first-order valence-corrected chi connectivity index (χ1v) is 4.87. The van der Waals surface area contributed by atoms with Crippen molar-refractivity contribution in [2.75, 3.05) is 0 Å². The fourth-order valence-corrected chi connectivity index (χ4v) is 1.41. The molecule has 0 saturated heterocycles. The van der Waals surface area contributed by atoms with Crippen LogP contribution in [-0.4, -0.2) is 15.7 Å². The largest absolute Gasteiger partial charge is 0.289 e. The van der Waals surface area contributed by atoms with E-state index in [2.05, 4.69) is 4.98 Å². The van der Waals surface area contributed by atoms with Crippen molar-refractivity contribution in [2.24, 2.45) is 0 Å². The Kier molecular flexibility index (Phi) is 2.91. The lowest BCUT2D eigenvalue weighted by atomic mass is 10.1. The molecule has 0 fully saturated rings. The Balaban J connectivity index is 2.38. The molecule has 1 aromatic heterocycles. The molecular weight excluding hydrogens is 220 g/mol. The fourth-order valence-electron chi connectivity index (χ4n) is 1.41. The summed E-state index contributed by atoms with van der Waals surface area (Å²) in [5, 5.41) is 10.6. The Bertz CT molecular complexity index is 567. The predicted octanol–water partition coefficient (Wildman–Crippen LogP) is 2.22. The summed E-state index contributed by atoms with van der Waals surface area (Å²) >= 11 is 0. The van der Waals surface area contributed by atoms with Crippen molar-refractivity contribution in [3.05, 3.63) is 70.0 Å². The van der Waals surface area contributed by atoms with Crippen LogP contribution in [0.15, 0.2) is 48.8 Å². The summed E-state index contributed by atoms with van der Waals surface area (Å²) < 4.78 is 0. The van der Waals surface area contributed by atoms with Gasteiger partial charge in [-0.3, -0.25) is 19.9 Å². The lowest BCUT2D eigenvalue weighted by Gasteiger charge is -1.99. The van der Waals surface area contributed by atoms with Gasteiger partial charge >= 0.3 is 0 Å². The minimum absolute atomic E-state index is 0.188. The van der Waals surface area contributed by atoms with Crippen LogP contribution in [0, 0.1) is 10.1 Å². The molecule has 5 heteroatoms. The molecule has 0 aliphatic rings. The highest BCUT2D eigenvalue weighted by Crippen LogP contribution is 2.14. The third-order valence-electron chi connectivity index (χ3n) is 2.23. The van der Waals surface area contributed by atoms with Gasteiger partial charge in [0.25, 0.3) is 5.69 Å². The van der Waals surface area contributed by atoms with Crippen LogP contribution in [0.5, 0.6) is 0 Å². The molecule has 17 heavy (non-hydrogen) atoms. The molecule has 0 saturated carbocycles. The number of nitro groups is 1. The molecule has 0 amide bonds. The monoisotopic (exact) mass is 228 g/mol. The van der Waals surface area contributed by atoms with Crippen LogP contribution in [-0.2, 0) is 0 Å². The van der Waals surface area contributed by atoms with E-state index in [1.807, 2.05) is 0 Å². The summed E-state index contributed by atoms with van der Waals surface area (Å²) in [6, 6.07) is 9.79. The number of rotatable bonds is 3. The molecule has 0 atom stereocenters. The second-order valence-corrected chi connectivity index (χ2v) is 3.38. The van der Waals surface area contributed by atoms with Gasteiger partial charge in [0.2, 0.25) is 0 Å². The molecule has 0 spiro atoms. The van der Waals surface area contributed by atoms with E-state index in [-0.39, 0.29) is 17.0 Å². The first-order valence-electron chi connectivity index (χ1n) is 4.87. The molecule has 2 rings (SSSR count). The maximum atomic E-state index is 12.0. The second kappa shape index (κ2) is 4.52. The van der Waals surface area contributed by atoms with Crippen LogP contribution in [0.2, 0.25) is 0 Å². The van der Waals surface area contributed by atoms with Crippen LogP contribution >= 0.6 is 0 Å². The van der Waals surface area contributed by atoms with Crippen molar-refractivity contribution >= 4 is 11.5 Å². The highest BCUT2D eigenvalue weighted by Gasteiger charge is 2.13. The number of aromatic nitrogens is 1. The summed E-state index contributed by atoms with van der Waals surface area (Å²) in [6.07, 6.45) is 2.43. The topological polar surface area (TPSA) is 73.1 Å². The maximum Gasteiger partial charge on any atom is 0.288 e. The van der Waals surface area contributed by atoms with E-state index >= 15 is 0 Å².